The molecule has 0 fully saturated rings. The van der Waals surface area contributed by atoms with Crippen LogP contribution in [0.4, 0.5) is 13.2 Å². The number of methoxy groups -OCH3 is 1. The molecule has 0 saturated heterocycles. The van der Waals surface area contributed by atoms with Crippen molar-refractivity contribution in [3.8, 4) is 5.75 Å². The van der Waals surface area contributed by atoms with Crippen LogP contribution in [0.1, 0.15) is 40.2 Å². The van der Waals surface area contributed by atoms with E-state index < -0.39 is 46.4 Å². The summed E-state index contributed by atoms with van der Waals surface area (Å²) in [5.41, 5.74) is -3.06. The molecule has 0 aliphatic rings. The Labute approximate surface area is 150 Å². The Kier molecular flexibility index (Phi) is 6.33. The number of alkyl halides is 3. The van der Waals surface area contributed by atoms with Gasteiger partial charge in [0.05, 0.1) is 23.6 Å². The molecule has 0 aromatic heterocycles. The van der Waals surface area contributed by atoms with Crippen molar-refractivity contribution < 1.29 is 32.2 Å². The summed E-state index contributed by atoms with van der Waals surface area (Å²) in [4.78, 5) is 24.4. The molecule has 1 rings (SSSR count). The van der Waals surface area contributed by atoms with Gasteiger partial charge in [0.1, 0.15) is 5.75 Å². The number of carbonyl (C=O) groups excluding carboxylic acids is 2. The highest BCUT2D eigenvalue weighted by atomic mass is 19.4. The van der Waals surface area contributed by atoms with E-state index in [9.17, 15) is 22.8 Å². The first kappa shape index (κ1) is 21.8. The van der Waals surface area contributed by atoms with Gasteiger partial charge in [0.2, 0.25) is 0 Å². The second kappa shape index (κ2) is 7.55. The Morgan fingerprint density at radius 2 is 1.62 bits per heavy atom. The van der Waals surface area contributed by atoms with Crippen molar-refractivity contribution >= 4 is 11.9 Å². The normalized spacial score (nSPS) is 13.7. The molecule has 8 heteroatoms. The third-order valence-corrected chi connectivity index (χ3v) is 4.56. The summed E-state index contributed by atoms with van der Waals surface area (Å²) in [6.07, 6.45) is -5.80. The lowest BCUT2D eigenvalue weighted by molar-refractivity contribution is -0.156. The number of hydrogen-bond donors (Lipinski definition) is 1. The van der Waals surface area contributed by atoms with E-state index >= 15 is 0 Å². The lowest BCUT2D eigenvalue weighted by Gasteiger charge is -2.40. The summed E-state index contributed by atoms with van der Waals surface area (Å²) in [7, 11) is 1.24. The lowest BCUT2D eigenvalue weighted by atomic mass is 9.74. The van der Waals surface area contributed by atoms with Crippen LogP contribution in [-0.4, -0.2) is 30.6 Å². The lowest BCUT2D eigenvalue weighted by Crippen LogP contribution is -2.59. The highest BCUT2D eigenvalue weighted by Crippen LogP contribution is 2.36. The van der Waals surface area contributed by atoms with Crippen LogP contribution in [0, 0.1) is 5.41 Å². The summed E-state index contributed by atoms with van der Waals surface area (Å²) in [6, 6.07) is 4.66. The maximum Gasteiger partial charge on any atom is 0.419 e. The molecular formula is C18H24F3NO4. The molecule has 1 amide bonds. The fourth-order valence-electron chi connectivity index (χ4n) is 2.12. The van der Waals surface area contributed by atoms with Crippen LogP contribution in [0.15, 0.2) is 24.3 Å². The van der Waals surface area contributed by atoms with Crippen LogP contribution < -0.4 is 10.1 Å². The average molecular weight is 375 g/mol. The van der Waals surface area contributed by atoms with Gasteiger partial charge in [-0.3, -0.25) is 9.59 Å². The fraction of sp³-hybridized carbons (Fsp3) is 0.556. The zero-order valence-corrected chi connectivity index (χ0v) is 15.7. The van der Waals surface area contributed by atoms with Gasteiger partial charge in [-0.15, -0.1) is 0 Å². The van der Waals surface area contributed by atoms with Crippen LogP contribution >= 0.6 is 0 Å². The topological polar surface area (TPSA) is 64.6 Å². The number of halogens is 3. The number of hydrogen-bond acceptors (Lipinski definition) is 4. The second-order valence-corrected chi connectivity index (χ2v) is 6.98. The zero-order valence-electron chi connectivity index (χ0n) is 15.7. The highest BCUT2D eigenvalue weighted by Gasteiger charge is 2.46. The number of rotatable bonds is 6. The predicted octanol–water partition coefficient (Wildman–Crippen LogP) is 3.57. The van der Waals surface area contributed by atoms with Crippen molar-refractivity contribution in [2.24, 2.45) is 5.41 Å². The number of amides is 1. The summed E-state index contributed by atoms with van der Waals surface area (Å²) in [5.74, 6) is -1.62. The van der Waals surface area contributed by atoms with Gasteiger partial charge >= 0.3 is 12.1 Å². The van der Waals surface area contributed by atoms with Gasteiger partial charge < -0.3 is 14.8 Å². The Balaban J connectivity index is 2.95. The van der Waals surface area contributed by atoms with Crippen molar-refractivity contribution in [1.82, 2.24) is 5.32 Å². The maximum absolute atomic E-state index is 13.0. The molecule has 0 spiro atoms. The molecule has 0 radical (unpaired) electrons. The molecule has 5 nitrogen and oxygen atoms in total. The van der Waals surface area contributed by atoms with Gasteiger partial charge in [0, 0.05) is 0 Å². The Hall–Kier alpha value is -2.25. The number of carbonyl (C=O) groups is 2. The third-order valence-electron chi connectivity index (χ3n) is 4.56. The Bertz CT molecular complexity index is 669. The zero-order chi connectivity index (χ0) is 20.3. The molecule has 1 aromatic rings. The maximum atomic E-state index is 13.0. The average Bonchev–Trinajstić information content (AvgIpc) is 2.52. The molecule has 0 unspecified atom stereocenters. The molecule has 146 valence electrons. The van der Waals surface area contributed by atoms with Crippen molar-refractivity contribution in [2.75, 3.05) is 7.11 Å². The summed E-state index contributed by atoms with van der Waals surface area (Å²) in [5, 5.41) is 2.64. The van der Waals surface area contributed by atoms with E-state index in [0.29, 0.717) is 0 Å². The summed E-state index contributed by atoms with van der Waals surface area (Å²) < 4.78 is 49.0. The first-order chi connectivity index (χ1) is 11.7. The minimum atomic E-state index is -4.60. The van der Waals surface area contributed by atoms with E-state index in [2.05, 4.69) is 5.32 Å². The van der Waals surface area contributed by atoms with Crippen LogP contribution in [-0.2, 0) is 20.5 Å². The standard InChI is InChI=1S/C18H24F3NO4/c1-11(26-13-10-8-7-9-12(13)18(19,20)21)14(23)22-17(4,5)16(2,3)15(24)25-6/h7-11H,1-6H3,(H,22,23)/t11-/m1/s1. The number of nitrogens with one attached hydrogen (secondary N) is 1. The SMILES string of the molecule is COC(=O)C(C)(C)C(C)(C)NC(=O)[C@@H](C)Oc1ccccc1C(F)(F)F. The van der Waals surface area contributed by atoms with E-state index in [-0.39, 0.29) is 0 Å². The van der Waals surface area contributed by atoms with Gasteiger partial charge in [-0.1, -0.05) is 12.1 Å². The minimum Gasteiger partial charge on any atom is -0.480 e. The van der Waals surface area contributed by atoms with E-state index in [0.717, 1.165) is 12.1 Å². The molecule has 0 heterocycles. The van der Waals surface area contributed by atoms with Gasteiger partial charge in [-0.25, -0.2) is 0 Å². The van der Waals surface area contributed by atoms with Gasteiger partial charge in [0.15, 0.2) is 6.10 Å². The molecule has 0 aliphatic carbocycles. The Morgan fingerprint density at radius 1 is 1.08 bits per heavy atom. The van der Waals surface area contributed by atoms with E-state index in [4.69, 9.17) is 9.47 Å². The van der Waals surface area contributed by atoms with Crippen molar-refractivity contribution in [3.63, 3.8) is 0 Å². The van der Waals surface area contributed by atoms with Crippen molar-refractivity contribution in [3.05, 3.63) is 29.8 Å². The number of para-hydroxylation sites is 1. The largest absolute Gasteiger partial charge is 0.480 e. The molecule has 0 aliphatic heterocycles. The summed E-state index contributed by atoms with van der Waals surface area (Å²) >= 11 is 0. The number of ether oxygens (including phenoxy) is 2. The first-order valence-corrected chi connectivity index (χ1v) is 7.97. The molecular weight excluding hydrogens is 351 g/mol. The molecule has 1 atom stereocenters. The molecule has 0 saturated carbocycles. The van der Waals surface area contributed by atoms with Crippen LogP contribution in [0.2, 0.25) is 0 Å². The van der Waals surface area contributed by atoms with Crippen molar-refractivity contribution in [2.45, 2.75) is 52.4 Å². The number of esters is 1. The van der Waals surface area contributed by atoms with Gasteiger partial charge in [-0.05, 0) is 46.8 Å². The fourth-order valence-corrected chi connectivity index (χ4v) is 2.12. The molecule has 1 aromatic carbocycles. The third kappa shape index (κ3) is 4.68. The van der Waals surface area contributed by atoms with Crippen LogP contribution in [0.25, 0.3) is 0 Å². The predicted molar refractivity (Wildman–Crippen MR) is 89.6 cm³/mol. The minimum absolute atomic E-state index is 0.437. The summed E-state index contributed by atoms with van der Waals surface area (Å²) in [6.45, 7) is 7.79. The van der Waals surface area contributed by atoms with Crippen LogP contribution in [0.3, 0.4) is 0 Å². The molecule has 0 bridgehead atoms. The van der Waals surface area contributed by atoms with Crippen LogP contribution in [0.5, 0.6) is 5.75 Å². The first-order valence-electron chi connectivity index (χ1n) is 7.97. The van der Waals surface area contributed by atoms with E-state index in [1.54, 1.807) is 27.7 Å². The van der Waals surface area contributed by atoms with Gasteiger partial charge in [-0.2, -0.15) is 13.2 Å². The molecule has 26 heavy (non-hydrogen) atoms. The quantitative estimate of drug-likeness (QED) is 0.772. The highest BCUT2D eigenvalue weighted by molar-refractivity contribution is 5.84. The monoisotopic (exact) mass is 375 g/mol. The smallest absolute Gasteiger partial charge is 0.419 e. The second-order valence-electron chi connectivity index (χ2n) is 6.98. The van der Waals surface area contributed by atoms with E-state index in [1.807, 2.05) is 0 Å². The van der Waals surface area contributed by atoms with E-state index in [1.165, 1.54) is 26.2 Å². The van der Waals surface area contributed by atoms with Gasteiger partial charge in [0.25, 0.3) is 5.91 Å². The number of benzene rings is 1. The van der Waals surface area contributed by atoms with Crippen molar-refractivity contribution in [1.29, 1.82) is 0 Å². The molecule has 1 N–H and O–H groups in total. The Morgan fingerprint density at radius 3 is 2.12 bits per heavy atom.